The molecule has 3 heteroatoms. The first-order valence-corrected chi connectivity index (χ1v) is 5.79. The first kappa shape index (κ1) is 13.0. The topological polar surface area (TPSA) is 29.3 Å². The fraction of sp³-hybridized carbons (Fsp3) is 0.538. The molecule has 2 nitrogen and oxygen atoms in total. The summed E-state index contributed by atoms with van der Waals surface area (Å²) in [6.45, 7) is 9.11. The van der Waals surface area contributed by atoms with Gasteiger partial charge in [0, 0.05) is 24.3 Å². The highest BCUT2D eigenvalue weighted by atomic mass is 19.1. The number of nitrogens with two attached hydrogens (primary N) is 1. The Morgan fingerprint density at radius 3 is 2.38 bits per heavy atom. The predicted octanol–water partition coefficient (Wildman–Crippen LogP) is 3.08. The Labute approximate surface area is 97.3 Å². The number of rotatable bonds is 4. The fourth-order valence-corrected chi connectivity index (χ4v) is 1.97. The van der Waals surface area contributed by atoms with Gasteiger partial charge in [-0.15, -0.1) is 0 Å². The van der Waals surface area contributed by atoms with Crippen molar-refractivity contribution in [2.45, 2.75) is 39.8 Å². The van der Waals surface area contributed by atoms with E-state index in [-0.39, 0.29) is 11.9 Å². The number of halogens is 1. The van der Waals surface area contributed by atoms with E-state index >= 15 is 0 Å². The van der Waals surface area contributed by atoms with Crippen LogP contribution in [0.2, 0.25) is 0 Å². The van der Waals surface area contributed by atoms with E-state index in [4.69, 9.17) is 5.73 Å². The summed E-state index contributed by atoms with van der Waals surface area (Å²) in [6, 6.07) is 5.07. The van der Waals surface area contributed by atoms with E-state index in [9.17, 15) is 4.39 Å². The van der Waals surface area contributed by atoms with Gasteiger partial charge in [-0.2, -0.15) is 0 Å². The highest BCUT2D eigenvalue weighted by Gasteiger charge is 2.15. The average Bonchev–Trinajstić information content (AvgIpc) is 2.20. The molecule has 0 radical (unpaired) electrons. The van der Waals surface area contributed by atoms with E-state index in [0.717, 1.165) is 17.8 Å². The Kier molecular flexibility index (Phi) is 4.30. The van der Waals surface area contributed by atoms with Gasteiger partial charge in [0.1, 0.15) is 5.82 Å². The molecular formula is C13H21FN2. The van der Waals surface area contributed by atoms with Crippen LogP contribution in [0.3, 0.4) is 0 Å². The van der Waals surface area contributed by atoms with Crippen LogP contribution >= 0.6 is 0 Å². The maximum Gasteiger partial charge on any atom is 0.123 e. The van der Waals surface area contributed by atoms with E-state index in [1.807, 2.05) is 13.0 Å². The minimum Gasteiger partial charge on any atom is -0.369 e. The third kappa shape index (κ3) is 2.73. The van der Waals surface area contributed by atoms with E-state index < -0.39 is 0 Å². The van der Waals surface area contributed by atoms with Gasteiger partial charge in [0.2, 0.25) is 0 Å². The van der Waals surface area contributed by atoms with Crippen LogP contribution in [0.15, 0.2) is 18.2 Å². The summed E-state index contributed by atoms with van der Waals surface area (Å²) in [5.74, 6) is -0.226. The van der Waals surface area contributed by atoms with Crippen molar-refractivity contribution < 1.29 is 4.39 Å². The predicted molar refractivity (Wildman–Crippen MR) is 67.2 cm³/mol. The minimum absolute atomic E-state index is 0.154. The molecule has 0 heterocycles. The van der Waals surface area contributed by atoms with Crippen molar-refractivity contribution in [2.24, 2.45) is 5.73 Å². The smallest absolute Gasteiger partial charge is 0.123 e. The van der Waals surface area contributed by atoms with Crippen LogP contribution in [0.4, 0.5) is 10.1 Å². The monoisotopic (exact) mass is 224 g/mol. The highest BCUT2D eigenvalue weighted by Crippen LogP contribution is 2.27. The van der Waals surface area contributed by atoms with Crippen LogP contribution in [0.25, 0.3) is 0 Å². The zero-order chi connectivity index (χ0) is 12.3. The molecule has 0 aliphatic carbocycles. The summed E-state index contributed by atoms with van der Waals surface area (Å²) in [4.78, 5) is 2.22. The molecule has 16 heavy (non-hydrogen) atoms. The van der Waals surface area contributed by atoms with Crippen LogP contribution in [0, 0.1) is 5.82 Å². The Bertz CT molecular complexity index is 348. The van der Waals surface area contributed by atoms with Gasteiger partial charge < -0.3 is 10.6 Å². The third-order valence-corrected chi connectivity index (χ3v) is 2.75. The number of hydrogen-bond donors (Lipinski definition) is 1. The third-order valence-electron chi connectivity index (χ3n) is 2.75. The zero-order valence-electron chi connectivity index (χ0n) is 10.5. The molecule has 2 N–H and O–H groups in total. The molecule has 0 aliphatic rings. The van der Waals surface area contributed by atoms with Gasteiger partial charge in [0.05, 0.1) is 0 Å². The van der Waals surface area contributed by atoms with E-state index in [2.05, 4.69) is 25.7 Å². The molecule has 0 aromatic heterocycles. The fourth-order valence-electron chi connectivity index (χ4n) is 1.97. The summed E-state index contributed by atoms with van der Waals surface area (Å²) in [5, 5.41) is 0. The van der Waals surface area contributed by atoms with Crippen molar-refractivity contribution in [1.82, 2.24) is 0 Å². The molecule has 1 aromatic carbocycles. The molecule has 0 bridgehead atoms. The quantitative estimate of drug-likeness (QED) is 0.851. The normalized spacial score (nSPS) is 12.9. The van der Waals surface area contributed by atoms with Crippen LogP contribution < -0.4 is 10.6 Å². The molecule has 0 saturated heterocycles. The summed E-state index contributed by atoms with van der Waals surface area (Å²) in [5.41, 5.74) is 7.79. The van der Waals surface area contributed by atoms with Crippen molar-refractivity contribution in [2.75, 3.05) is 11.4 Å². The standard InChI is InChI=1S/C13H21FN2/c1-5-16(9(2)3)13-7-6-11(14)8-12(13)10(4)15/h6-10H,5,15H2,1-4H3/t10-/m0/s1. The SMILES string of the molecule is CCN(c1ccc(F)cc1[C@H](C)N)C(C)C. The van der Waals surface area contributed by atoms with Crippen molar-refractivity contribution in [3.63, 3.8) is 0 Å². The Hall–Kier alpha value is -1.09. The minimum atomic E-state index is -0.226. The number of benzene rings is 1. The van der Waals surface area contributed by atoms with Gasteiger partial charge >= 0.3 is 0 Å². The van der Waals surface area contributed by atoms with Crippen molar-refractivity contribution >= 4 is 5.69 Å². The summed E-state index contributed by atoms with van der Waals surface area (Å²) >= 11 is 0. The second-order valence-corrected chi connectivity index (χ2v) is 4.37. The molecular weight excluding hydrogens is 203 g/mol. The maximum atomic E-state index is 13.2. The van der Waals surface area contributed by atoms with Crippen molar-refractivity contribution in [3.05, 3.63) is 29.6 Å². The highest BCUT2D eigenvalue weighted by molar-refractivity contribution is 5.55. The van der Waals surface area contributed by atoms with Crippen LogP contribution in [-0.2, 0) is 0 Å². The number of hydrogen-bond acceptors (Lipinski definition) is 2. The Balaban J connectivity index is 3.20. The largest absolute Gasteiger partial charge is 0.369 e. The molecule has 90 valence electrons. The van der Waals surface area contributed by atoms with Crippen LogP contribution in [-0.4, -0.2) is 12.6 Å². The Morgan fingerprint density at radius 1 is 1.31 bits per heavy atom. The lowest BCUT2D eigenvalue weighted by Gasteiger charge is -2.30. The first-order valence-electron chi connectivity index (χ1n) is 5.79. The molecule has 0 aliphatic heterocycles. The second-order valence-electron chi connectivity index (χ2n) is 4.37. The van der Waals surface area contributed by atoms with Gasteiger partial charge in [-0.25, -0.2) is 4.39 Å². The van der Waals surface area contributed by atoms with Crippen molar-refractivity contribution in [3.8, 4) is 0 Å². The molecule has 0 spiro atoms. The second kappa shape index (κ2) is 5.30. The molecule has 1 rings (SSSR count). The maximum absolute atomic E-state index is 13.2. The van der Waals surface area contributed by atoms with E-state index in [1.54, 1.807) is 0 Å². The first-order chi connectivity index (χ1) is 7.47. The summed E-state index contributed by atoms with van der Waals surface area (Å²) in [6.07, 6.45) is 0. The average molecular weight is 224 g/mol. The van der Waals surface area contributed by atoms with Gasteiger partial charge in [0.15, 0.2) is 0 Å². The van der Waals surface area contributed by atoms with E-state index in [1.165, 1.54) is 12.1 Å². The number of nitrogens with zero attached hydrogens (tertiary/aromatic N) is 1. The van der Waals surface area contributed by atoms with Crippen LogP contribution in [0.5, 0.6) is 0 Å². The molecule has 0 fully saturated rings. The van der Waals surface area contributed by atoms with E-state index in [0.29, 0.717) is 6.04 Å². The lowest BCUT2D eigenvalue weighted by molar-refractivity contribution is 0.619. The number of anilines is 1. The Morgan fingerprint density at radius 2 is 1.94 bits per heavy atom. The lowest BCUT2D eigenvalue weighted by Crippen LogP contribution is -2.31. The molecule has 1 atom stereocenters. The summed E-state index contributed by atoms with van der Waals surface area (Å²) in [7, 11) is 0. The summed E-state index contributed by atoms with van der Waals surface area (Å²) < 4.78 is 13.2. The van der Waals surface area contributed by atoms with Crippen LogP contribution in [0.1, 0.15) is 39.3 Å². The zero-order valence-corrected chi connectivity index (χ0v) is 10.5. The molecule has 0 saturated carbocycles. The molecule has 0 unspecified atom stereocenters. The molecule has 1 aromatic rings. The van der Waals surface area contributed by atoms with Gasteiger partial charge in [-0.05, 0) is 51.5 Å². The van der Waals surface area contributed by atoms with Gasteiger partial charge in [0.25, 0.3) is 0 Å². The van der Waals surface area contributed by atoms with Crippen molar-refractivity contribution in [1.29, 1.82) is 0 Å². The molecule has 0 amide bonds. The lowest BCUT2D eigenvalue weighted by atomic mass is 10.0. The van der Waals surface area contributed by atoms with Gasteiger partial charge in [-0.1, -0.05) is 0 Å². The van der Waals surface area contributed by atoms with Gasteiger partial charge in [-0.3, -0.25) is 0 Å².